The highest BCUT2D eigenvalue weighted by Crippen LogP contribution is 2.62. The van der Waals surface area contributed by atoms with Crippen molar-refractivity contribution >= 4 is 11.8 Å². The van der Waals surface area contributed by atoms with Crippen LogP contribution in [0.4, 0.5) is 11.8 Å². The van der Waals surface area contributed by atoms with Gasteiger partial charge in [0.1, 0.15) is 23.2 Å². The second-order valence-electron chi connectivity index (χ2n) is 9.79. The Morgan fingerprint density at radius 3 is 2.74 bits per heavy atom. The maximum Gasteiger partial charge on any atom is 0.224 e. The number of rotatable bonds is 7. The Bertz CT molecular complexity index is 986. The Kier molecular flexibility index (Phi) is 5.17. The molecule has 0 aromatic carbocycles. The summed E-state index contributed by atoms with van der Waals surface area (Å²) in [4.78, 5) is 13.1. The summed E-state index contributed by atoms with van der Waals surface area (Å²) in [5.74, 6) is 5.40. The van der Waals surface area contributed by atoms with E-state index < -0.39 is 0 Å². The predicted octanol–water partition coefficient (Wildman–Crippen LogP) is 4.24. The van der Waals surface area contributed by atoms with E-state index >= 15 is 0 Å². The zero-order valence-electron chi connectivity index (χ0n) is 18.3. The largest absolute Gasteiger partial charge is 0.496 e. The molecule has 4 saturated carbocycles. The van der Waals surface area contributed by atoms with Gasteiger partial charge in [-0.15, -0.1) is 0 Å². The van der Waals surface area contributed by atoms with E-state index in [2.05, 4.69) is 38.6 Å². The standard InChI is InChI=1S/C24H30N6O/c1-15-17-5-16-6-18(15)9-24(7-16,8-17)14-29-22-19(10-25)12-27-23(30-22)28-13-20-11-26-4-3-21(20)31-2/h3-4,11-12,15-18H,5-9,13-14H2,1-2H3,(H2,27,28,29,30)/t15?,16?,17-,18+,24?. The van der Waals surface area contributed by atoms with Crippen molar-refractivity contribution in [1.29, 1.82) is 5.26 Å². The number of hydrogen-bond acceptors (Lipinski definition) is 7. The highest BCUT2D eigenvalue weighted by atomic mass is 16.5. The van der Waals surface area contributed by atoms with Crippen LogP contribution in [-0.4, -0.2) is 28.6 Å². The lowest BCUT2D eigenvalue weighted by atomic mass is 9.46. The van der Waals surface area contributed by atoms with E-state index in [1.54, 1.807) is 25.7 Å². The maximum atomic E-state index is 9.57. The zero-order valence-corrected chi connectivity index (χ0v) is 18.3. The van der Waals surface area contributed by atoms with Crippen LogP contribution in [0.25, 0.3) is 0 Å². The smallest absolute Gasteiger partial charge is 0.224 e. The summed E-state index contributed by atoms with van der Waals surface area (Å²) < 4.78 is 5.38. The fraction of sp³-hybridized carbons (Fsp3) is 0.583. The monoisotopic (exact) mass is 418 g/mol. The highest BCUT2D eigenvalue weighted by Gasteiger charge is 2.53. The summed E-state index contributed by atoms with van der Waals surface area (Å²) in [6, 6.07) is 4.06. The SMILES string of the molecule is COc1ccncc1CNc1ncc(C#N)c(NCC23CC4C[C@H](C2)C(C)[C@@H](C4)C3)n1. The topological polar surface area (TPSA) is 95.8 Å². The minimum atomic E-state index is 0.358. The van der Waals surface area contributed by atoms with Crippen molar-refractivity contribution < 1.29 is 4.74 Å². The third-order valence-electron chi connectivity index (χ3n) is 7.93. The summed E-state index contributed by atoms with van der Waals surface area (Å²) in [6.07, 6.45) is 11.8. The van der Waals surface area contributed by atoms with Crippen LogP contribution in [0.5, 0.6) is 5.75 Å². The van der Waals surface area contributed by atoms with Gasteiger partial charge in [0.05, 0.1) is 13.3 Å². The summed E-state index contributed by atoms with van der Waals surface area (Å²) in [5.41, 5.74) is 1.77. The third kappa shape index (κ3) is 3.80. The van der Waals surface area contributed by atoms with E-state index in [1.807, 2.05) is 6.07 Å². The normalized spacial score (nSPS) is 30.6. The molecule has 4 bridgehead atoms. The Morgan fingerprint density at radius 1 is 1.19 bits per heavy atom. The van der Waals surface area contributed by atoms with Gasteiger partial charge in [0.2, 0.25) is 5.95 Å². The van der Waals surface area contributed by atoms with Gasteiger partial charge in [0.25, 0.3) is 0 Å². The quantitative estimate of drug-likeness (QED) is 0.694. The summed E-state index contributed by atoms with van der Waals surface area (Å²) in [5, 5.41) is 16.3. The van der Waals surface area contributed by atoms with Gasteiger partial charge in [0, 0.05) is 31.0 Å². The molecule has 6 rings (SSSR count). The van der Waals surface area contributed by atoms with E-state index in [0.717, 1.165) is 41.5 Å². The number of pyridine rings is 1. The molecular formula is C24H30N6O. The molecule has 7 nitrogen and oxygen atoms in total. The van der Waals surface area contributed by atoms with Crippen LogP contribution >= 0.6 is 0 Å². The van der Waals surface area contributed by atoms with Crippen LogP contribution in [0.15, 0.2) is 24.7 Å². The van der Waals surface area contributed by atoms with Gasteiger partial charge >= 0.3 is 0 Å². The van der Waals surface area contributed by atoms with Gasteiger partial charge in [0.15, 0.2) is 0 Å². The molecular weight excluding hydrogens is 388 g/mol. The molecule has 0 amide bonds. The van der Waals surface area contributed by atoms with Gasteiger partial charge in [-0.25, -0.2) is 4.98 Å². The molecule has 2 aromatic rings. The number of nitrogens with zero attached hydrogens (tertiary/aromatic N) is 4. The molecule has 0 radical (unpaired) electrons. The van der Waals surface area contributed by atoms with Crippen LogP contribution < -0.4 is 15.4 Å². The van der Waals surface area contributed by atoms with Gasteiger partial charge < -0.3 is 15.4 Å². The first kappa shape index (κ1) is 20.0. The summed E-state index contributed by atoms with van der Waals surface area (Å²) in [6.45, 7) is 3.85. The Balaban J connectivity index is 1.29. The first-order valence-electron chi connectivity index (χ1n) is 11.3. The number of methoxy groups -OCH3 is 1. The van der Waals surface area contributed by atoms with Crippen LogP contribution in [0, 0.1) is 40.4 Å². The van der Waals surface area contributed by atoms with Crippen molar-refractivity contribution in [2.24, 2.45) is 29.1 Å². The molecule has 2 heterocycles. The number of anilines is 2. The second kappa shape index (κ2) is 7.99. The Labute approximate surface area is 183 Å². The van der Waals surface area contributed by atoms with Crippen molar-refractivity contribution in [3.05, 3.63) is 35.8 Å². The van der Waals surface area contributed by atoms with Gasteiger partial charge in [-0.2, -0.15) is 10.2 Å². The maximum absolute atomic E-state index is 9.57. The molecule has 4 aliphatic carbocycles. The molecule has 7 heteroatoms. The summed E-state index contributed by atoms with van der Waals surface area (Å²) in [7, 11) is 1.64. The van der Waals surface area contributed by atoms with Crippen molar-refractivity contribution in [2.45, 2.75) is 45.6 Å². The molecule has 4 fully saturated rings. The molecule has 0 saturated heterocycles. The number of nitrogens with one attached hydrogen (secondary N) is 2. The first-order valence-corrected chi connectivity index (χ1v) is 11.3. The molecule has 0 spiro atoms. The molecule has 162 valence electrons. The Morgan fingerprint density at radius 2 is 2.00 bits per heavy atom. The molecule has 31 heavy (non-hydrogen) atoms. The van der Waals surface area contributed by atoms with Crippen LogP contribution in [0.3, 0.4) is 0 Å². The molecule has 4 aliphatic rings. The van der Waals surface area contributed by atoms with Gasteiger partial charge in [-0.05, 0) is 67.3 Å². The molecule has 5 atom stereocenters. The number of hydrogen-bond donors (Lipinski definition) is 2. The molecule has 2 aromatic heterocycles. The van der Waals surface area contributed by atoms with E-state index in [9.17, 15) is 5.26 Å². The lowest BCUT2D eigenvalue weighted by molar-refractivity contribution is -0.0822. The molecule has 2 N–H and O–H groups in total. The fourth-order valence-corrected chi connectivity index (χ4v) is 6.54. The second-order valence-corrected chi connectivity index (χ2v) is 9.79. The minimum Gasteiger partial charge on any atom is -0.496 e. The lowest BCUT2D eigenvalue weighted by Gasteiger charge is -2.59. The summed E-state index contributed by atoms with van der Waals surface area (Å²) >= 11 is 0. The average molecular weight is 419 g/mol. The van der Waals surface area contributed by atoms with Crippen molar-refractivity contribution in [1.82, 2.24) is 15.0 Å². The van der Waals surface area contributed by atoms with Crippen molar-refractivity contribution in [3.63, 3.8) is 0 Å². The van der Waals surface area contributed by atoms with Gasteiger partial charge in [-0.1, -0.05) is 6.92 Å². The third-order valence-corrected chi connectivity index (χ3v) is 7.93. The van der Waals surface area contributed by atoms with Crippen molar-refractivity contribution in [2.75, 3.05) is 24.3 Å². The van der Waals surface area contributed by atoms with E-state index in [4.69, 9.17) is 4.74 Å². The number of ether oxygens (including phenoxy) is 1. The minimum absolute atomic E-state index is 0.358. The number of aromatic nitrogens is 3. The molecule has 0 aliphatic heterocycles. The zero-order chi connectivity index (χ0) is 21.4. The molecule has 3 unspecified atom stereocenters. The first-order chi connectivity index (χ1) is 15.1. The van der Waals surface area contributed by atoms with E-state index in [1.165, 1.54) is 32.1 Å². The van der Waals surface area contributed by atoms with E-state index in [-0.39, 0.29) is 0 Å². The van der Waals surface area contributed by atoms with Crippen LogP contribution in [0.1, 0.15) is 50.2 Å². The van der Waals surface area contributed by atoms with Gasteiger partial charge in [-0.3, -0.25) is 4.98 Å². The van der Waals surface area contributed by atoms with E-state index in [0.29, 0.717) is 29.3 Å². The average Bonchev–Trinajstić information content (AvgIpc) is 2.79. The lowest BCUT2D eigenvalue weighted by Crippen LogP contribution is -2.52. The Hall–Kier alpha value is -2.88. The van der Waals surface area contributed by atoms with Crippen LogP contribution in [0.2, 0.25) is 0 Å². The van der Waals surface area contributed by atoms with Crippen molar-refractivity contribution in [3.8, 4) is 11.8 Å². The highest BCUT2D eigenvalue weighted by molar-refractivity contribution is 5.53. The predicted molar refractivity (Wildman–Crippen MR) is 119 cm³/mol. The fourth-order valence-electron chi connectivity index (χ4n) is 6.54. The number of nitriles is 1. The van der Waals surface area contributed by atoms with Crippen LogP contribution in [-0.2, 0) is 6.54 Å².